The summed E-state index contributed by atoms with van der Waals surface area (Å²) in [5, 5.41) is 5.18. The molecule has 1 aliphatic carbocycles. The number of nitrogens with zero attached hydrogens (tertiary/aromatic N) is 1. The highest BCUT2D eigenvalue weighted by atomic mass is 79.9. The van der Waals surface area contributed by atoms with E-state index in [2.05, 4.69) is 28.2 Å². The lowest BCUT2D eigenvalue weighted by Crippen LogP contribution is -2.33. The van der Waals surface area contributed by atoms with E-state index in [4.69, 9.17) is 16.6 Å². The summed E-state index contributed by atoms with van der Waals surface area (Å²) in [7, 11) is 0. The molecule has 2 unspecified atom stereocenters. The van der Waals surface area contributed by atoms with Gasteiger partial charge in [-0.3, -0.25) is 4.99 Å². The van der Waals surface area contributed by atoms with Crippen LogP contribution in [0.4, 0.5) is 5.69 Å². The third-order valence-corrected chi connectivity index (χ3v) is 6.13. The zero-order valence-electron chi connectivity index (χ0n) is 11.5. The van der Waals surface area contributed by atoms with Gasteiger partial charge in [0.25, 0.3) is 0 Å². The quantitative estimate of drug-likeness (QED) is 0.696. The fraction of sp³-hybridized carbons (Fsp3) is 0.533. The summed E-state index contributed by atoms with van der Waals surface area (Å²) < 4.78 is 1.02. The third-order valence-electron chi connectivity index (χ3n) is 4.05. The molecule has 1 fully saturated rings. The largest absolute Gasteiger partial charge is 0.334 e. The Morgan fingerprint density at radius 2 is 2.35 bits per heavy atom. The van der Waals surface area contributed by atoms with Crippen LogP contribution in [-0.2, 0) is 0 Å². The van der Waals surface area contributed by atoms with E-state index in [9.17, 15) is 0 Å². The average Bonchev–Trinajstić information content (AvgIpc) is 2.76. The van der Waals surface area contributed by atoms with Crippen LogP contribution >= 0.6 is 39.3 Å². The minimum Gasteiger partial charge on any atom is -0.334 e. The van der Waals surface area contributed by atoms with E-state index in [0.717, 1.165) is 32.0 Å². The zero-order chi connectivity index (χ0) is 14.2. The van der Waals surface area contributed by atoms with Gasteiger partial charge in [-0.1, -0.05) is 43.1 Å². The maximum Gasteiger partial charge on any atom is 0.161 e. The number of anilines is 1. The lowest BCUT2D eigenvalue weighted by atomic mass is 9.78. The molecule has 1 spiro atoms. The normalized spacial score (nSPS) is 29.6. The van der Waals surface area contributed by atoms with Gasteiger partial charge < -0.3 is 5.32 Å². The fourth-order valence-corrected chi connectivity index (χ4v) is 4.81. The zero-order valence-corrected chi connectivity index (χ0v) is 14.6. The number of rotatable bonds is 1. The van der Waals surface area contributed by atoms with Crippen molar-refractivity contribution in [3.05, 3.63) is 27.7 Å². The number of hydrogen-bond donors (Lipinski definition) is 1. The van der Waals surface area contributed by atoms with Gasteiger partial charge >= 0.3 is 0 Å². The van der Waals surface area contributed by atoms with Gasteiger partial charge in [-0.2, -0.15) is 0 Å². The number of thioether (sulfide) groups is 1. The molecular formula is C15H18BrClN2S. The van der Waals surface area contributed by atoms with Crippen molar-refractivity contribution in [1.82, 2.24) is 0 Å². The molecule has 2 atom stereocenters. The molecule has 0 amide bonds. The topological polar surface area (TPSA) is 24.4 Å². The first kappa shape index (κ1) is 14.7. The van der Waals surface area contributed by atoms with Crippen molar-refractivity contribution < 1.29 is 0 Å². The molecule has 108 valence electrons. The third kappa shape index (κ3) is 3.18. The molecule has 1 aromatic carbocycles. The standard InChI is InChI=1S/C15H18BrClN2S/c1-10-3-2-6-15(8-10)9-20-14(19-15)18-13-7-11(17)4-5-12(13)16/h4-5,7,10H,2-3,6,8-9H2,1H3,(H,18,19). The van der Waals surface area contributed by atoms with Gasteiger partial charge in [0, 0.05) is 15.2 Å². The Kier molecular flexibility index (Phi) is 4.34. The van der Waals surface area contributed by atoms with E-state index in [1.54, 1.807) is 0 Å². The van der Waals surface area contributed by atoms with Crippen molar-refractivity contribution in [2.45, 2.75) is 38.1 Å². The molecule has 1 aromatic rings. The predicted molar refractivity (Wildman–Crippen MR) is 93.0 cm³/mol. The summed E-state index contributed by atoms with van der Waals surface area (Å²) in [5.41, 5.74) is 1.17. The van der Waals surface area contributed by atoms with Crippen LogP contribution in [0.1, 0.15) is 32.6 Å². The van der Waals surface area contributed by atoms with Crippen molar-refractivity contribution in [3.8, 4) is 0 Å². The second kappa shape index (κ2) is 5.90. The summed E-state index contributed by atoms with van der Waals surface area (Å²) in [5.74, 6) is 1.91. The summed E-state index contributed by atoms with van der Waals surface area (Å²) in [4.78, 5) is 5.00. The van der Waals surface area contributed by atoms with Crippen molar-refractivity contribution in [2.75, 3.05) is 11.1 Å². The number of aliphatic imine (C=N–C) groups is 1. The molecule has 0 aromatic heterocycles. The lowest BCUT2D eigenvalue weighted by molar-refractivity contribution is 0.266. The average molecular weight is 374 g/mol. The van der Waals surface area contributed by atoms with E-state index in [1.165, 1.54) is 25.7 Å². The van der Waals surface area contributed by atoms with E-state index in [-0.39, 0.29) is 5.54 Å². The van der Waals surface area contributed by atoms with Crippen molar-refractivity contribution in [2.24, 2.45) is 10.9 Å². The number of hydrogen-bond acceptors (Lipinski definition) is 3. The number of benzene rings is 1. The highest BCUT2D eigenvalue weighted by molar-refractivity contribution is 9.10. The highest BCUT2D eigenvalue weighted by Gasteiger charge is 2.39. The lowest BCUT2D eigenvalue weighted by Gasteiger charge is -2.33. The molecule has 5 heteroatoms. The number of nitrogens with one attached hydrogen (secondary N) is 1. The Morgan fingerprint density at radius 3 is 3.15 bits per heavy atom. The van der Waals surface area contributed by atoms with E-state index in [0.29, 0.717) is 0 Å². The molecule has 2 aliphatic rings. The van der Waals surface area contributed by atoms with Gasteiger partial charge in [-0.25, -0.2) is 0 Å². The minimum atomic E-state index is 0.176. The number of halogens is 2. The Morgan fingerprint density at radius 1 is 1.50 bits per heavy atom. The van der Waals surface area contributed by atoms with Gasteiger partial charge in [0.1, 0.15) is 0 Å². The molecule has 0 saturated heterocycles. The summed E-state index contributed by atoms with van der Waals surface area (Å²) >= 11 is 11.4. The Hall–Kier alpha value is -0.190. The van der Waals surface area contributed by atoms with Crippen molar-refractivity contribution in [1.29, 1.82) is 0 Å². The fourth-order valence-electron chi connectivity index (χ4n) is 3.12. The molecule has 1 heterocycles. The van der Waals surface area contributed by atoms with Crippen LogP contribution in [0.3, 0.4) is 0 Å². The highest BCUT2D eigenvalue weighted by Crippen LogP contribution is 2.42. The van der Waals surface area contributed by atoms with Crippen LogP contribution in [-0.4, -0.2) is 16.5 Å². The van der Waals surface area contributed by atoms with Gasteiger partial charge in [0.05, 0.1) is 11.2 Å². The molecule has 20 heavy (non-hydrogen) atoms. The van der Waals surface area contributed by atoms with Gasteiger partial charge in [0.2, 0.25) is 0 Å². The molecule has 1 N–H and O–H groups in total. The van der Waals surface area contributed by atoms with Crippen LogP contribution in [0.2, 0.25) is 5.02 Å². The smallest absolute Gasteiger partial charge is 0.161 e. The van der Waals surface area contributed by atoms with Gasteiger partial charge in [-0.05, 0) is 52.9 Å². The molecule has 0 radical (unpaired) electrons. The van der Waals surface area contributed by atoms with Crippen LogP contribution in [0.25, 0.3) is 0 Å². The molecular weight excluding hydrogens is 356 g/mol. The van der Waals surface area contributed by atoms with Crippen molar-refractivity contribution >= 4 is 50.1 Å². The van der Waals surface area contributed by atoms with Crippen LogP contribution < -0.4 is 5.32 Å². The first-order chi connectivity index (χ1) is 9.56. The molecule has 1 saturated carbocycles. The second-order valence-electron chi connectivity index (χ2n) is 5.88. The van der Waals surface area contributed by atoms with E-state index >= 15 is 0 Å². The van der Waals surface area contributed by atoms with Crippen LogP contribution in [0.15, 0.2) is 27.7 Å². The first-order valence-corrected chi connectivity index (χ1v) is 9.17. The predicted octanol–water partition coefficient (Wildman–Crippen LogP) is 5.57. The monoisotopic (exact) mass is 372 g/mol. The van der Waals surface area contributed by atoms with Crippen molar-refractivity contribution in [3.63, 3.8) is 0 Å². The Bertz CT molecular complexity index is 549. The first-order valence-electron chi connectivity index (χ1n) is 7.01. The summed E-state index contributed by atoms with van der Waals surface area (Å²) in [6, 6.07) is 5.78. The maximum atomic E-state index is 6.06. The Labute approximate surface area is 137 Å². The minimum absolute atomic E-state index is 0.176. The Balaban J connectivity index is 1.77. The molecule has 0 bridgehead atoms. The maximum absolute atomic E-state index is 6.06. The molecule has 1 aliphatic heterocycles. The van der Waals surface area contributed by atoms with Gasteiger partial charge in [-0.15, -0.1) is 0 Å². The summed E-state index contributed by atoms with van der Waals surface area (Å²) in [6.45, 7) is 2.35. The molecule has 2 nitrogen and oxygen atoms in total. The van der Waals surface area contributed by atoms with Crippen LogP contribution in [0, 0.1) is 5.92 Å². The van der Waals surface area contributed by atoms with Gasteiger partial charge in [0.15, 0.2) is 5.17 Å². The second-order valence-corrected chi connectivity index (χ2v) is 8.14. The summed E-state index contributed by atoms with van der Waals surface area (Å²) in [6.07, 6.45) is 5.11. The molecule has 3 rings (SSSR count). The number of amidine groups is 1. The SMILES string of the molecule is CC1CCCC2(CSC(Nc3cc(Cl)ccc3Br)=N2)C1. The van der Waals surface area contributed by atoms with E-state index in [1.807, 2.05) is 30.0 Å². The van der Waals surface area contributed by atoms with E-state index < -0.39 is 0 Å². The van der Waals surface area contributed by atoms with Crippen LogP contribution in [0.5, 0.6) is 0 Å².